The molecule has 4 heteroatoms. The van der Waals surface area contributed by atoms with Crippen molar-refractivity contribution >= 4 is 23.4 Å². The number of halogens is 1. The molecule has 0 bridgehead atoms. The molecule has 2 aliphatic rings. The number of Topliss-reactive ketones (excluding diaryl/α,β-unsaturated/α-hetero) is 1. The standard InChI is InChI=1S/C22H21ClO3/c1-14-12-17(15-8-4-2-5-9-15)18(23)13-16(14)19-20(24)22(26-21(19)25)10-6-3-7-11-22/h2,4-5,8-9,12-13,19H,3,6-7,10-11H2,1H3. The smallest absolute Gasteiger partial charge is 0.322 e. The van der Waals surface area contributed by atoms with Crippen molar-refractivity contribution in [2.75, 3.05) is 0 Å². The first-order valence-corrected chi connectivity index (χ1v) is 9.52. The topological polar surface area (TPSA) is 43.4 Å². The fourth-order valence-corrected chi connectivity index (χ4v) is 4.54. The molecule has 1 aliphatic carbocycles. The van der Waals surface area contributed by atoms with E-state index in [0.717, 1.165) is 36.0 Å². The summed E-state index contributed by atoms with van der Waals surface area (Å²) in [5.74, 6) is -1.37. The van der Waals surface area contributed by atoms with E-state index in [-0.39, 0.29) is 5.78 Å². The highest BCUT2D eigenvalue weighted by Crippen LogP contribution is 2.45. The average Bonchev–Trinajstić information content (AvgIpc) is 2.88. The first-order valence-electron chi connectivity index (χ1n) is 9.14. The Hall–Kier alpha value is -2.13. The van der Waals surface area contributed by atoms with Crippen LogP contribution in [-0.2, 0) is 14.3 Å². The van der Waals surface area contributed by atoms with Crippen LogP contribution >= 0.6 is 11.6 Å². The molecule has 2 aromatic carbocycles. The molecule has 1 aliphatic heterocycles. The van der Waals surface area contributed by atoms with Gasteiger partial charge in [0.1, 0.15) is 5.92 Å². The predicted octanol–water partition coefficient (Wildman–Crippen LogP) is 5.23. The van der Waals surface area contributed by atoms with Crippen LogP contribution in [0, 0.1) is 6.92 Å². The molecular formula is C22H21ClO3. The third kappa shape index (κ3) is 2.75. The summed E-state index contributed by atoms with van der Waals surface area (Å²) in [6.07, 6.45) is 4.23. The Kier molecular flexibility index (Phi) is 4.36. The monoisotopic (exact) mass is 368 g/mol. The van der Waals surface area contributed by atoms with Gasteiger partial charge in [-0.3, -0.25) is 9.59 Å². The molecule has 26 heavy (non-hydrogen) atoms. The number of rotatable bonds is 2. The van der Waals surface area contributed by atoms with Crippen LogP contribution in [0.2, 0.25) is 5.02 Å². The highest BCUT2D eigenvalue weighted by atomic mass is 35.5. The van der Waals surface area contributed by atoms with Gasteiger partial charge in [-0.25, -0.2) is 0 Å². The summed E-state index contributed by atoms with van der Waals surface area (Å²) in [6.45, 7) is 1.92. The lowest BCUT2D eigenvalue weighted by Crippen LogP contribution is -2.39. The van der Waals surface area contributed by atoms with Crippen molar-refractivity contribution < 1.29 is 14.3 Å². The first-order chi connectivity index (χ1) is 12.5. The third-order valence-corrected chi connectivity index (χ3v) is 5.97. The summed E-state index contributed by atoms with van der Waals surface area (Å²) < 4.78 is 5.65. The van der Waals surface area contributed by atoms with Gasteiger partial charge in [-0.2, -0.15) is 0 Å². The van der Waals surface area contributed by atoms with Gasteiger partial charge >= 0.3 is 5.97 Å². The third-order valence-electron chi connectivity index (χ3n) is 5.66. The van der Waals surface area contributed by atoms with Crippen LogP contribution in [0.15, 0.2) is 42.5 Å². The molecule has 1 unspecified atom stereocenters. The van der Waals surface area contributed by atoms with Gasteiger partial charge in [0, 0.05) is 10.6 Å². The van der Waals surface area contributed by atoms with Crippen LogP contribution in [0.4, 0.5) is 0 Å². The zero-order valence-corrected chi connectivity index (χ0v) is 15.5. The molecule has 1 spiro atoms. The summed E-state index contributed by atoms with van der Waals surface area (Å²) in [6, 6.07) is 13.6. The summed E-state index contributed by atoms with van der Waals surface area (Å²) in [5.41, 5.74) is 2.57. The van der Waals surface area contributed by atoms with Gasteiger partial charge in [0.05, 0.1) is 0 Å². The van der Waals surface area contributed by atoms with E-state index >= 15 is 0 Å². The summed E-state index contributed by atoms with van der Waals surface area (Å²) in [7, 11) is 0. The van der Waals surface area contributed by atoms with Crippen LogP contribution in [0.1, 0.15) is 49.1 Å². The highest BCUT2D eigenvalue weighted by molar-refractivity contribution is 6.33. The molecule has 0 N–H and O–H groups in total. The van der Waals surface area contributed by atoms with Gasteiger partial charge < -0.3 is 4.74 Å². The molecule has 1 saturated carbocycles. The van der Waals surface area contributed by atoms with Crippen LogP contribution in [-0.4, -0.2) is 17.4 Å². The van der Waals surface area contributed by atoms with Crippen molar-refractivity contribution in [3.63, 3.8) is 0 Å². The predicted molar refractivity (Wildman–Crippen MR) is 101 cm³/mol. The first kappa shape index (κ1) is 17.3. The second-order valence-corrected chi connectivity index (χ2v) is 7.74. The van der Waals surface area contributed by atoms with Gasteiger partial charge in [-0.05, 0) is 61.4 Å². The minimum atomic E-state index is -0.906. The van der Waals surface area contributed by atoms with Gasteiger partial charge in [0.2, 0.25) is 0 Å². The van der Waals surface area contributed by atoms with E-state index in [4.69, 9.17) is 16.3 Å². The SMILES string of the molecule is Cc1cc(-c2ccccc2)c(Cl)cc1C1C(=O)OC2(CCCCC2)C1=O. The number of benzene rings is 2. The minimum Gasteiger partial charge on any atom is -0.450 e. The second-order valence-electron chi connectivity index (χ2n) is 7.33. The maximum atomic E-state index is 13.1. The number of ketones is 1. The number of carbonyl (C=O) groups is 2. The fourth-order valence-electron chi connectivity index (χ4n) is 4.26. The van der Waals surface area contributed by atoms with Crippen LogP contribution in [0.25, 0.3) is 11.1 Å². The molecule has 1 heterocycles. The van der Waals surface area contributed by atoms with Crippen LogP contribution in [0.5, 0.6) is 0 Å². The van der Waals surface area contributed by atoms with Gasteiger partial charge in [-0.1, -0.05) is 48.4 Å². The highest BCUT2D eigenvalue weighted by Gasteiger charge is 2.55. The molecule has 2 fully saturated rings. The van der Waals surface area contributed by atoms with Gasteiger partial charge in [-0.15, -0.1) is 0 Å². The molecular weight excluding hydrogens is 348 g/mol. The molecule has 1 saturated heterocycles. The molecule has 0 amide bonds. The molecule has 1 atom stereocenters. The van der Waals surface area contributed by atoms with E-state index in [9.17, 15) is 9.59 Å². The lowest BCUT2D eigenvalue weighted by molar-refractivity contribution is -0.154. The summed E-state index contributed by atoms with van der Waals surface area (Å²) in [4.78, 5) is 25.7. The normalized spacial score (nSPS) is 21.8. The van der Waals surface area contributed by atoms with E-state index in [2.05, 4.69) is 0 Å². The van der Waals surface area contributed by atoms with E-state index < -0.39 is 17.5 Å². The van der Waals surface area contributed by atoms with Crippen molar-refractivity contribution in [2.24, 2.45) is 0 Å². The number of hydrogen-bond acceptors (Lipinski definition) is 3. The Bertz CT molecular complexity index is 866. The lowest BCUT2D eigenvalue weighted by atomic mass is 9.77. The minimum absolute atomic E-state index is 0.0890. The van der Waals surface area contributed by atoms with Gasteiger partial charge in [0.15, 0.2) is 11.4 Å². The van der Waals surface area contributed by atoms with E-state index in [1.54, 1.807) is 6.07 Å². The zero-order chi connectivity index (χ0) is 18.3. The number of esters is 1. The Labute approximate surface area is 158 Å². The fraction of sp³-hybridized carbons (Fsp3) is 0.364. The molecule has 0 aromatic heterocycles. The average molecular weight is 369 g/mol. The maximum absolute atomic E-state index is 13.1. The Morgan fingerprint density at radius 2 is 1.73 bits per heavy atom. The summed E-state index contributed by atoms with van der Waals surface area (Å²) in [5, 5.41) is 0.544. The number of ether oxygens (including phenoxy) is 1. The zero-order valence-electron chi connectivity index (χ0n) is 14.8. The molecule has 2 aromatic rings. The van der Waals surface area contributed by atoms with Crippen LogP contribution < -0.4 is 0 Å². The number of aryl methyl sites for hydroxylation is 1. The van der Waals surface area contributed by atoms with E-state index in [1.165, 1.54) is 0 Å². The molecule has 4 rings (SSSR count). The largest absolute Gasteiger partial charge is 0.450 e. The Morgan fingerprint density at radius 1 is 1.04 bits per heavy atom. The second kappa shape index (κ2) is 6.55. The Morgan fingerprint density at radius 3 is 2.42 bits per heavy atom. The Balaban J connectivity index is 1.73. The quantitative estimate of drug-likeness (QED) is 0.538. The van der Waals surface area contributed by atoms with E-state index in [0.29, 0.717) is 23.4 Å². The maximum Gasteiger partial charge on any atom is 0.322 e. The number of carbonyl (C=O) groups excluding carboxylic acids is 2. The van der Waals surface area contributed by atoms with Crippen LogP contribution in [0.3, 0.4) is 0 Å². The van der Waals surface area contributed by atoms with Crippen molar-refractivity contribution in [1.29, 1.82) is 0 Å². The summed E-state index contributed by atoms with van der Waals surface area (Å²) >= 11 is 6.52. The molecule has 3 nitrogen and oxygen atoms in total. The van der Waals surface area contributed by atoms with E-state index in [1.807, 2.05) is 43.3 Å². The molecule has 0 radical (unpaired) electrons. The van der Waals surface area contributed by atoms with Crippen molar-refractivity contribution in [3.05, 3.63) is 58.6 Å². The molecule has 134 valence electrons. The van der Waals surface area contributed by atoms with Crippen molar-refractivity contribution in [2.45, 2.75) is 50.5 Å². The van der Waals surface area contributed by atoms with Gasteiger partial charge in [0.25, 0.3) is 0 Å². The van der Waals surface area contributed by atoms with Crippen molar-refractivity contribution in [3.8, 4) is 11.1 Å². The number of hydrogen-bond donors (Lipinski definition) is 0. The van der Waals surface area contributed by atoms with Crippen molar-refractivity contribution in [1.82, 2.24) is 0 Å². The lowest BCUT2D eigenvalue weighted by Gasteiger charge is -2.29.